The molecule has 0 saturated heterocycles. The molecule has 0 aliphatic rings. The van der Waals surface area contributed by atoms with E-state index in [1.165, 1.54) is 0 Å². The first-order chi connectivity index (χ1) is 9.28. The first kappa shape index (κ1) is 13.3. The summed E-state index contributed by atoms with van der Waals surface area (Å²) in [4.78, 5) is 11.6. The van der Waals surface area contributed by atoms with Crippen LogP contribution in [0.25, 0.3) is 0 Å². The summed E-state index contributed by atoms with van der Waals surface area (Å²) < 4.78 is 1.85. The number of carbonyl (C=O) groups is 1. The van der Waals surface area contributed by atoms with Gasteiger partial charge in [0.1, 0.15) is 0 Å². The van der Waals surface area contributed by atoms with Gasteiger partial charge in [0.25, 0.3) is 0 Å². The lowest BCUT2D eigenvalue weighted by Gasteiger charge is -2.07. The summed E-state index contributed by atoms with van der Waals surface area (Å²) in [7, 11) is 1.83. The first-order valence-electron chi connectivity index (χ1n) is 6.29. The van der Waals surface area contributed by atoms with Gasteiger partial charge in [0.2, 0.25) is 5.91 Å². The van der Waals surface area contributed by atoms with Crippen molar-refractivity contribution in [3.05, 3.63) is 48.3 Å². The van der Waals surface area contributed by atoms with Crippen LogP contribution < -0.4 is 10.6 Å². The molecule has 2 N–H and O–H groups in total. The van der Waals surface area contributed by atoms with Gasteiger partial charge in [-0.1, -0.05) is 12.1 Å². The normalized spacial score (nSPS) is 10.4. The standard InChI is InChI=1S/C14H18N4O/c1-15-8-6-14(19)17-13-5-2-4-12(10-13)11-18-9-3-7-16-18/h2-5,7,9-10,15H,6,8,11H2,1H3,(H,17,19). The van der Waals surface area contributed by atoms with Gasteiger partial charge in [-0.3, -0.25) is 9.48 Å². The van der Waals surface area contributed by atoms with Gasteiger partial charge < -0.3 is 10.6 Å². The number of hydrogen-bond acceptors (Lipinski definition) is 3. The summed E-state index contributed by atoms with van der Waals surface area (Å²) in [6, 6.07) is 9.71. The molecular formula is C14H18N4O. The Hall–Kier alpha value is -2.14. The van der Waals surface area contributed by atoms with Gasteiger partial charge >= 0.3 is 0 Å². The van der Waals surface area contributed by atoms with Crippen LogP contribution >= 0.6 is 0 Å². The summed E-state index contributed by atoms with van der Waals surface area (Å²) >= 11 is 0. The highest BCUT2D eigenvalue weighted by Crippen LogP contribution is 2.12. The van der Waals surface area contributed by atoms with E-state index in [0.29, 0.717) is 19.5 Å². The molecule has 5 nitrogen and oxygen atoms in total. The fourth-order valence-corrected chi connectivity index (χ4v) is 1.79. The molecule has 0 saturated carbocycles. The van der Waals surface area contributed by atoms with Crippen molar-refractivity contribution in [2.24, 2.45) is 0 Å². The summed E-state index contributed by atoms with van der Waals surface area (Å²) in [5.41, 5.74) is 1.93. The van der Waals surface area contributed by atoms with Crippen molar-refractivity contribution in [2.75, 3.05) is 18.9 Å². The number of hydrogen-bond donors (Lipinski definition) is 2. The zero-order valence-corrected chi connectivity index (χ0v) is 11.0. The predicted octanol–water partition coefficient (Wildman–Crippen LogP) is 1.48. The topological polar surface area (TPSA) is 59.0 Å². The number of anilines is 1. The lowest BCUT2D eigenvalue weighted by Crippen LogP contribution is -2.18. The van der Waals surface area contributed by atoms with E-state index in [9.17, 15) is 4.79 Å². The number of nitrogens with zero attached hydrogens (tertiary/aromatic N) is 2. The quantitative estimate of drug-likeness (QED) is 0.825. The van der Waals surface area contributed by atoms with Gasteiger partial charge in [-0.15, -0.1) is 0 Å². The Bertz CT molecular complexity index is 522. The minimum Gasteiger partial charge on any atom is -0.326 e. The number of rotatable bonds is 6. The maximum absolute atomic E-state index is 11.6. The highest BCUT2D eigenvalue weighted by molar-refractivity contribution is 5.90. The first-order valence-corrected chi connectivity index (χ1v) is 6.29. The zero-order valence-electron chi connectivity index (χ0n) is 11.0. The number of carbonyl (C=O) groups excluding carboxylic acids is 1. The van der Waals surface area contributed by atoms with Crippen molar-refractivity contribution < 1.29 is 4.79 Å². The van der Waals surface area contributed by atoms with Gasteiger partial charge in [0, 0.05) is 31.0 Å². The van der Waals surface area contributed by atoms with Crippen LogP contribution in [0.1, 0.15) is 12.0 Å². The highest BCUT2D eigenvalue weighted by atomic mass is 16.1. The smallest absolute Gasteiger partial charge is 0.225 e. The van der Waals surface area contributed by atoms with Gasteiger partial charge in [0.05, 0.1) is 6.54 Å². The van der Waals surface area contributed by atoms with E-state index >= 15 is 0 Å². The molecule has 1 amide bonds. The Balaban J connectivity index is 1.97. The van der Waals surface area contributed by atoms with E-state index in [1.54, 1.807) is 6.20 Å². The minimum atomic E-state index is 0.0191. The molecule has 1 heterocycles. The fourth-order valence-electron chi connectivity index (χ4n) is 1.79. The predicted molar refractivity (Wildman–Crippen MR) is 74.9 cm³/mol. The molecule has 0 aliphatic heterocycles. The van der Waals surface area contributed by atoms with E-state index in [2.05, 4.69) is 15.7 Å². The number of amides is 1. The van der Waals surface area contributed by atoms with E-state index < -0.39 is 0 Å². The Kier molecular flexibility index (Phi) is 4.69. The van der Waals surface area contributed by atoms with Crippen molar-refractivity contribution in [3.63, 3.8) is 0 Å². The van der Waals surface area contributed by atoms with Gasteiger partial charge in [0.15, 0.2) is 0 Å². The van der Waals surface area contributed by atoms with E-state index in [1.807, 2.05) is 48.3 Å². The van der Waals surface area contributed by atoms with Crippen LogP contribution in [0, 0.1) is 0 Å². The van der Waals surface area contributed by atoms with Crippen molar-refractivity contribution >= 4 is 11.6 Å². The van der Waals surface area contributed by atoms with E-state index in [4.69, 9.17) is 0 Å². The lowest BCUT2D eigenvalue weighted by atomic mass is 10.2. The monoisotopic (exact) mass is 258 g/mol. The summed E-state index contributed by atoms with van der Waals surface area (Å²) in [6.45, 7) is 1.38. The second kappa shape index (κ2) is 6.70. The minimum absolute atomic E-state index is 0.0191. The SMILES string of the molecule is CNCCC(=O)Nc1cccc(Cn2cccn2)c1. The van der Waals surface area contributed by atoms with E-state index in [0.717, 1.165) is 11.3 Å². The number of aromatic nitrogens is 2. The molecular weight excluding hydrogens is 240 g/mol. The second-order valence-corrected chi connectivity index (χ2v) is 4.31. The van der Waals surface area contributed by atoms with Crippen LogP contribution in [0.15, 0.2) is 42.7 Å². The van der Waals surface area contributed by atoms with Crippen molar-refractivity contribution in [3.8, 4) is 0 Å². The molecule has 2 rings (SSSR count). The molecule has 2 aromatic rings. The Morgan fingerprint density at radius 2 is 2.26 bits per heavy atom. The third-order valence-electron chi connectivity index (χ3n) is 2.72. The summed E-state index contributed by atoms with van der Waals surface area (Å²) in [6.07, 6.45) is 4.14. The van der Waals surface area contributed by atoms with E-state index in [-0.39, 0.29) is 5.91 Å². The molecule has 1 aromatic carbocycles. The molecule has 0 radical (unpaired) electrons. The van der Waals surface area contributed by atoms with Gasteiger partial charge in [-0.25, -0.2) is 0 Å². The van der Waals surface area contributed by atoms with Crippen LogP contribution in [-0.4, -0.2) is 29.3 Å². The van der Waals surface area contributed by atoms with Crippen LogP contribution in [0.5, 0.6) is 0 Å². The third-order valence-corrected chi connectivity index (χ3v) is 2.72. The maximum Gasteiger partial charge on any atom is 0.225 e. The highest BCUT2D eigenvalue weighted by Gasteiger charge is 2.02. The lowest BCUT2D eigenvalue weighted by molar-refractivity contribution is -0.116. The molecule has 0 bridgehead atoms. The zero-order chi connectivity index (χ0) is 13.5. The number of nitrogens with one attached hydrogen (secondary N) is 2. The fraction of sp³-hybridized carbons (Fsp3) is 0.286. The average Bonchev–Trinajstić information content (AvgIpc) is 2.89. The molecule has 0 fully saturated rings. The summed E-state index contributed by atoms with van der Waals surface area (Å²) in [5, 5.41) is 10.0. The molecule has 0 unspecified atom stereocenters. The number of benzene rings is 1. The van der Waals surface area contributed by atoms with Crippen LogP contribution in [0.2, 0.25) is 0 Å². The Morgan fingerprint density at radius 3 is 3.00 bits per heavy atom. The maximum atomic E-state index is 11.6. The Morgan fingerprint density at radius 1 is 1.37 bits per heavy atom. The van der Waals surface area contributed by atoms with Crippen molar-refractivity contribution in [1.82, 2.24) is 15.1 Å². The molecule has 5 heteroatoms. The molecule has 0 atom stereocenters. The largest absolute Gasteiger partial charge is 0.326 e. The summed E-state index contributed by atoms with van der Waals surface area (Å²) in [5.74, 6) is 0.0191. The molecule has 0 spiro atoms. The average molecular weight is 258 g/mol. The van der Waals surface area contributed by atoms with Crippen LogP contribution in [0.3, 0.4) is 0 Å². The Labute approximate surface area is 112 Å². The molecule has 100 valence electrons. The second-order valence-electron chi connectivity index (χ2n) is 4.31. The van der Waals surface area contributed by atoms with Crippen LogP contribution in [-0.2, 0) is 11.3 Å². The third kappa shape index (κ3) is 4.22. The van der Waals surface area contributed by atoms with Gasteiger partial charge in [-0.05, 0) is 30.8 Å². The molecule has 1 aromatic heterocycles. The molecule has 0 aliphatic carbocycles. The van der Waals surface area contributed by atoms with Crippen molar-refractivity contribution in [2.45, 2.75) is 13.0 Å². The van der Waals surface area contributed by atoms with Crippen LogP contribution in [0.4, 0.5) is 5.69 Å². The van der Waals surface area contributed by atoms with Gasteiger partial charge in [-0.2, -0.15) is 5.10 Å². The van der Waals surface area contributed by atoms with Crippen molar-refractivity contribution in [1.29, 1.82) is 0 Å². The molecule has 19 heavy (non-hydrogen) atoms.